The Bertz CT molecular complexity index is 856. The van der Waals surface area contributed by atoms with Gasteiger partial charge in [0.2, 0.25) is 0 Å². The van der Waals surface area contributed by atoms with E-state index in [0.29, 0.717) is 6.07 Å². The van der Waals surface area contributed by atoms with Crippen molar-refractivity contribution in [1.29, 1.82) is 0 Å². The fraction of sp³-hybridized carbons (Fsp3) is 0.125. The molecule has 0 saturated heterocycles. The maximum Gasteiger partial charge on any atom is 0.416 e. The molecule has 0 heterocycles. The van der Waals surface area contributed by atoms with Gasteiger partial charge in [-0.1, -0.05) is 40.9 Å². The largest absolute Gasteiger partial charge is 0.452 e. The van der Waals surface area contributed by atoms with E-state index in [4.69, 9.17) is 39.5 Å². The number of rotatable bonds is 4. The molecule has 2 aromatic carbocycles. The molecule has 10 heteroatoms. The van der Waals surface area contributed by atoms with Gasteiger partial charge in [-0.15, -0.1) is 0 Å². The molecule has 0 aliphatic carbocycles. The SMILES string of the molecule is O=C(COC(=O)c1cccc(Cl)c1Cl)Nc1cc(C(F)(F)F)ccc1Cl. The number of hydrogen-bond acceptors (Lipinski definition) is 3. The summed E-state index contributed by atoms with van der Waals surface area (Å²) in [6.45, 7) is -0.756. The van der Waals surface area contributed by atoms with Crippen LogP contribution < -0.4 is 5.32 Å². The first-order valence-electron chi connectivity index (χ1n) is 6.87. The van der Waals surface area contributed by atoms with Crippen molar-refractivity contribution in [3.05, 3.63) is 62.6 Å². The van der Waals surface area contributed by atoms with E-state index in [2.05, 4.69) is 5.32 Å². The van der Waals surface area contributed by atoms with Crippen molar-refractivity contribution < 1.29 is 27.5 Å². The first-order chi connectivity index (χ1) is 12.1. The Labute approximate surface area is 160 Å². The molecule has 26 heavy (non-hydrogen) atoms. The maximum absolute atomic E-state index is 12.7. The van der Waals surface area contributed by atoms with E-state index >= 15 is 0 Å². The fourth-order valence-corrected chi connectivity index (χ4v) is 2.40. The van der Waals surface area contributed by atoms with E-state index in [1.165, 1.54) is 18.2 Å². The summed E-state index contributed by atoms with van der Waals surface area (Å²) in [5, 5.41) is 2.13. The molecule has 0 atom stereocenters. The van der Waals surface area contributed by atoms with Crippen molar-refractivity contribution in [1.82, 2.24) is 0 Å². The van der Waals surface area contributed by atoms with Crippen molar-refractivity contribution in [2.75, 3.05) is 11.9 Å². The predicted octanol–water partition coefficient (Wildman–Crippen LogP) is 5.46. The maximum atomic E-state index is 12.7. The topological polar surface area (TPSA) is 55.4 Å². The lowest BCUT2D eigenvalue weighted by molar-refractivity contribution is -0.137. The van der Waals surface area contributed by atoms with Crippen LogP contribution in [0.15, 0.2) is 36.4 Å². The Morgan fingerprint density at radius 1 is 1.04 bits per heavy atom. The third-order valence-electron chi connectivity index (χ3n) is 3.07. The number of hydrogen-bond donors (Lipinski definition) is 1. The van der Waals surface area contributed by atoms with E-state index in [9.17, 15) is 22.8 Å². The second kappa shape index (κ2) is 8.16. The zero-order valence-corrected chi connectivity index (χ0v) is 14.9. The third-order valence-corrected chi connectivity index (χ3v) is 4.22. The van der Waals surface area contributed by atoms with Crippen LogP contribution in [0.4, 0.5) is 18.9 Å². The molecule has 0 radical (unpaired) electrons. The first kappa shape index (κ1) is 20.4. The van der Waals surface area contributed by atoms with Gasteiger partial charge < -0.3 is 10.1 Å². The van der Waals surface area contributed by atoms with Gasteiger partial charge in [-0.05, 0) is 30.3 Å². The highest BCUT2D eigenvalue weighted by molar-refractivity contribution is 6.43. The molecule has 0 spiro atoms. The summed E-state index contributed by atoms with van der Waals surface area (Å²) in [7, 11) is 0. The number of benzene rings is 2. The van der Waals surface area contributed by atoms with Gasteiger partial charge in [0.25, 0.3) is 5.91 Å². The van der Waals surface area contributed by atoms with Crippen LogP contribution in [-0.4, -0.2) is 18.5 Å². The zero-order chi connectivity index (χ0) is 19.5. The molecular formula is C16H9Cl3F3NO3. The lowest BCUT2D eigenvalue weighted by Gasteiger charge is -2.12. The van der Waals surface area contributed by atoms with Crippen molar-refractivity contribution in [2.24, 2.45) is 0 Å². The summed E-state index contributed by atoms with van der Waals surface area (Å²) >= 11 is 17.4. The predicted molar refractivity (Wildman–Crippen MR) is 91.8 cm³/mol. The molecule has 4 nitrogen and oxygen atoms in total. The number of amides is 1. The average molecular weight is 427 g/mol. The number of nitrogens with one attached hydrogen (secondary N) is 1. The lowest BCUT2D eigenvalue weighted by atomic mass is 10.2. The molecule has 0 unspecified atom stereocenters. The smallest absolute Gasteiger partial charge is 0.416 e. The van der Waals surface area contributed by atoms with Crippen LogP contribution in [-0.2, 0) is 15.7 Å². The molecule has 1 amide bonds. The minimum Gasteiger partial charge on any atom is -0.452 e. The highest BCUT2D eigenvalue weighted by atomic mass is 35.5. The quantitative estimate of drug-likeness (QED) is 0.661. The fourth-order valence-electron chi connectivity index (χ4n) is 1.85. The van der Waals surface area contributed by atoms with Gasteiger partial charge >= 0.3 is 12.1 Å². The number of carbonyl (C=O) groups is 2. The van der Waals surface area contributed by atoms with Gasteiger partial charge in [-0.25, -0.2) is 4.79 Å². The minimum absolute atomic E-state index is 0.0412. The number of anilines is 1. The molecule has 1 N–H and O–H groups in total. The normalized spacial score (nSPS) is 11.2. The van der Waals surface area contributed by atoms with Crippen molar-refractivity contribution in [3.63, 3.8) is 0 Å². The van der Waals surface area contributed by atoms with E-state index in [-0.39, 0.29) is 26.3 Å². The minimum atomic E-state index is -4.60. The van der Waals surface area contributed by atoms with Crippen LogP contribution in [0.1, 0.15) is 15.9 Å². The standard InChI is InChI=1S/C16H9Cl3F3NO3/c17-10-5-4-8(16(20,21)22)6-12(10)23-13(24)7-26-15(25)9-2-1-3-11(18)14(9)19/h1-6H,7H2,(H,23,24). The molecule has 0 aromatic heterocycles. The van der Waals surface area contributed by atoms with E-state index < -0.39 is 30.2 Å². The average Bonchev–Trinajstić information content (AvgIpc) is 2.56. The lowest BCUT2D eigenvalue weighted by Crippen LogP contribution is -2.21. The van der Waals surface area contributed by atoms with Crippen molar-refractivity contribution >= 4 is 52.4 Å². The Hall–Kier alpha value is -1.96. The van der Waals surface area contributed by atoms with Gasteiger partial charge in [0.15, 0.2) is 6.61 Å². The summed E-state index contributed by atoms with van der Waals surface area (Å²) in [6, 6.07) is 6.72. The van der Waals surface area contributed by atoms with Gasteiger partial charge in [0, 0.05) is 0 Å². The molecule has 0 fully saturated rings. The monoisotopic (exact) mass is 425 g/mol. The van der Waals surface area contributed by atoms with E-state index in [1.807, 2.05) is 0 Å². The van der Waals surface area contributed by atoms with Crippen LogP contribution in [0, 0.1) is 0 Å². The van der Waals surface area contributed by atoms with Crippen LogP contribution in [0.3, 0.4) is 0 Å². The Kier molecular flexibility index (Phi) is 6.39. The summed E-state index contributed by atoms with van der Waals surface area (Å²) in [4.78, 5) is 23.7. The second-order valence-corrected chi connectivity index (χ2v) is 6.11. The van der Waals surface area contributed by atoms with E-state index in [1.54, 1.807) is 0 Å². The number of ether oxygens (including phenoxy) is 1. The third kappa shape index (κ3) is 5.03. The van der Waals surface area contributed by atoms with Crippen LogP contribution in [0.2, 0.25) is 15.1 Å². The molecule has 0 aliphatic rings. The highest BCUT2D eigenvalue weighted by Gasteiger charge is 2.31. The molecule has 2 aromatic rings. The zero-order valence-electron chi connectivity index (χ0n) is 12.7. The Morgan fingerprint density at radius 2 is 1.73 bits per heavy atom. The second-order valence-electron chi connectivity index (χ2n) is 4.92. The van der Waals surface area contributed by atoms with Crippen molar-refractivity contribution in [2.45, 2.75) is 6.18 Å². The molecule has 0 aliphatic heterocycles. The molecule has 2 rings (SSSR count). The summed E-state index contributed by atoms with van der Waals surface area (Å²) in [5.74, 6) is -1.79. The molecule has 138 valence electrons. The Morgan fingerprint density at radius 3 is 2.38 bits per heavy atom. The van der Waals surface area contributed by atoms with Crippen molar-refractivity contribution in [3.8, 4) is 0 Å². The van der Waals surface area contributed by atoms with Gasteiger partial charge in [0.1, 0.15) is 0 Å². The molecular weight excluding hydrogens is 418 g/mol. The van der Waals surface area contributed by atoms with E-state index in [0.717, 1.165) is 12.1 Å². The molecule has 0 bridgehead atoms. The number of halogens is 6. The number of alkyl halides is 3. The van der Waals surface area contributed by atoms with Gasteiger partial charge in [0.05, 0.1) is 31.9 Å². The molecule has 0 saturated carbocycles. The van der Waals surface area contributed by atoms with Crippen LogP contribution in [0.5, 0.6) is 0 Å². The first-order valence-corrected chi connectivity index (χ1v) is 8.00. The summed E-state index contributed by atoms with van der Waals surface area (Å²) in [5.41, 5.74) is -1.30. The highest BCUT2D eigenvalue weighted by Crippen LogP contribution is 2.33. The van der Waals surface area contributed by atoms with Gasteiger partial charge in [-0.3, -0.25) is 4.79 Å². The number of carbonyl (C=O) groups excluding carboxylic acids is 2. The summed E-state index contributed by atoms with van der Waals surface area (Å²) < 4.78 is 42.9. The Balaban J connectivity index is 2.03. The van der Waals surface area contributed by atoms with Gasteiger partial charge in [-0.2, -0.15) is 13.2 Å². The van der Waals surface area contributed by atoms with Crippen LogP contribution >= 0.6 is 34.8 Å². The van der Waals surface area contributed by atoms with Crippen LogP contribution in [0.25, 0.3) is 0 Å². The summed E-state index contributed by atoms with van der Waals surface area (Å²) in [6.07, 6.45) is -4.60. The number of esters is 1.